The molecule has 1 aromatic heterocycles. The molecule has 0 saturated heterocycles. The Balaban J connectivity index is 1.89. The van der Waals surface area contributed by atoms with Gasteiger partial charge in [0.05, 0.1) is 13.3 Å². The van der Waals surface area contributed by atoms with Gasteiger partial charge in [0, 0.05) is 29.9 Å². The number of ether oxygens (including phenoxy) is 1. The van der Waals surface area contributed by atoms with Gasteiger partial charge in [0.25, 0.3) is 0 Å². The summed E-state index contributed by atoms with van der Waals surface area (Å²) >= 11 is 0. The topological polar surface area (TPSA) is 34.1 Å². The Morgan fingerprint density at radius 1 is 1.25 bits per heavy atom. The SMILES string of the molecule is COc1ccc(-c2cncc(F)c2)cc1CNC1CC1. The van der Waals surface area contributed by atoms with Crippen LogP contribution in [0, 0.1) is 5.82 Å². The van der Waals surface area contributed by atoms with Gasteiger partial charge in [-0.2, -0.15) is 0 Å². The Hall–Kier alpha value is -1.94. The zero-order chi connectivity index (χ0) is 13.9. The average Bonchev–Trinajstić information content (AvgIpc) is 3.29. The van der Waals surface area contributed by atoms with Crippen molar-refractivity contribution in [3.05, 3.63) is 48.0 Å². The molecule has 1 heterocycles. The number of hydrogen-bond donors (Lipinski definition) is 1. The van der Waals surface area contributed by atoms with E-state index < -0.39 is 0 Å². The molecule has 20 heavy (non-hydrogen) atoms. The summed E-state index contributed by atoms with van der Waals surface area (Å²) in [6, 6.07) is 8.01. The summed E-state index contributed by atoms with van der Waals surface area (Å²) in [6.45, 7) is 0.768. The number of rotatable bonds is 5. The molecule has 0 bridgehead atoms. The molecule has 1 aliphatic rings. The Labute approximate surface area is 117 Å². The summed E-state index contributed by atoms with van der Waals surface area (Å²) < 4.78 is 18.6. The highest BCUT2D eigenvalue weighted by Gasteiger charge is 2.20. The first-order valence-corrected chi connectivity index (χ1v) is 6.77. The minimum absolute atomic E-state index is 0.323. The lowest BCUT2D eigenvalue weighted by molar-refractivity contribution is 0.407. The summed E-state index contributed by atoms with van der Waals surface area (Å²) in [5.41, 5.74) is 2.81. The number of benzene rings is 1. The van der Waals surface area contributed by atoms with E-state index >= 15 is 0 Å². The molecule has 0 aliphatic heterocycles. The van der Waals surface area contributed by atoms with Gasteiger partial charge in [-0.05, 0) is 36.6 Å². The highest BCUT2D eigenvalue weighted by Crippen LogP contribution is 2.28. The lowest BCUT2D eigenvalue weighted by Crippen LogP contribution is -2.15. The second-order valence-corrected chi connectivity index (χ2v) is 5.07. The largest absolute Gasteiger partial charge is 0.496 e. The summed E-state index contributed by atoms with van der Waals surface area (Å²) in [6.07, 6.45) is 5.37. The second-order valence-electron chi connectivity index (χ2n) is 5.07. The maximum Gasteiger partial charge on any atom is 0.142 e. The molecule has 2 aromatic rings. The fraction of sp³-hybridized carbons (Fsp3) is 0.312. The molecule has 3 rings (SSSR count). The third kappa shape index (κ3) is 2.96. The van der Waals surface area contributed by atoms with Crippen LogP contribution in [0.25, 0.3) is 11.1 Å². The molecule has 1 saturated carbocycles. The van der Waals surface area contributed by atoms with Crippen molar-refractivity contribution in [2.45, 2.75) is 25.4 Å². The summed E-state index contributed by atoms with van der Waals surface area (Å²) in [7, 11) is 1.67. The number of halogens is 1. The quantitative estimate of drug-likeness (QED) is 0.908. The van der Waals surface area contributed by atoms with Crippen molar-refractivity contribution in [1.29, 1.82) is 0 Å². The number of nitrogens with one attached hydrogen (secondary N) is 1. The van der Waals surface area contributed by atoms with Crippen LogP contribution in [-0.2, 0) is 6.54 Å². The van der Waals surface area contributed by atoms with Crippen LogP contribution in [0.1, 0.15) is 18.4 Å². The summed E-state index contributed by atoms with van der Waals surface area (Å²) in [5, 5.41) is 3.47. The molecule has 1 N–H and O–H groups in total. The number of hydrogen-bond acceptors (Lipinski definition) is 3. The molecule has 1 aliphatic carbocycles. The van der Waals surface area contributed by atoms with Crippen LogP contribution >= 0.6 is 0 Å². The lowest BCUT2D eigenvalue weighted by atomic mass is 10.0. The van der Waals surface area contributed by atoms with Crippen LogP contribution in [0.15, 0.2) is 36.7 Å². The molecule has 0 unspecified atom stereocenters. The fourth-order valence-corrected chi connectivity index (χ4v) is 2.21. The van der Waals surface area contributed by atoms with Crippen LogP contribution in [0.4, 0.5) is 4.39 Å². The number of methoxy groups -OCH3 is 1. The first-order valence-electron chi connectivity index (χ1n) is 6.77. The maximum absolute atomic E-state index is 13.3. The molecule has 1 fully saturated rings. The molecule has 3 nitrogen and oxygen atoms in total. The van der Waals surface area contributed by atoms with Crippen LogP contribution < -0.4 is 10.1 Å². The highest BCUT2D eigenvalue weighted by atomic mass is 19.1. The van der Waals surface area contributed by atoms with Crippen LogP contribution in [0.3, 0.4) is 0 Å². The molecule has 4 heteroatoms. The van der Waals surface area contributed by atoms with Gasteiger partial charge < -0.3 is 10.1 Å². The number of pyridine rings is 1. The normalized spacial score (nSPS) is 14.3. The number of nitrogens with zero attached hydrogens (tertiary/aromatic N) is 1. The molecule has 0 amide bonds. The first-order chi connectivity index (χ1) is 9.76. The Bertz CT molecular complexity index is 611. The van der Waals surface area contributed by atoms with Gasteiger partial charge in [-0.1, -0.05) is 6.07 Å². The molecule has 1 aromatic carbocycles. The van der Waals surface area contributed by atoms with Crippen molar-refractivity contribution in [1.82, 2.24) is 10.3 Å². The van der Waals surface area contributed by atoms with Gasteiger partial charge >= 0.3 is 0 Å². The van der Waals surface area contributed by atoms with Crippen molar-refractivity contribution >= 4 is 0 Å². The molecule has 0 atom stereocenters. The standard InChI is InChI=1S/C16H17FN2O/c1-20-16-5-2-11(12-7-14(17)10-18-8-12)6-13(16)9-19-15-3-4-15/h2,5-8,10,15,19H,3-4,9H2,1H3. The smallest absolute Gasteiger partial charge is 0.142 e. The van der Waals surface area contributed by atoms with E-state index in [2.05, 4.69) is 10.3 Å². The van der Waals surface area contributed by atoms with Crippen molar-refractivity contribution in [2.24, 2.45) is 0 Å². The number of aromatic nitrogens is 1. The van der Waals surface area contributed by atoms with Crippen LogP contribution in [0.2, 0.25) is 0 Å². The Kier molecular flexibility index (Phi) is 3.65. The van der Waals surface area contributed by atoms with Gasteiger partial charge in [-0.15, -0.1) is 0 Å². The molecule has 104 valence electrons. The minimum Gasteiger partial charge on any atom is -0.496 e. The average molecular weight is 272 g/mol. The fourth-order valence-electron chi connectivity index (χ4n) is 2.21. The van der Waals surface area contributed by atoms with E-state index in [4.69, 9.17) is 4.74 Å². The monoisotopic (exact) mass is 272 g/mol. The zero-order valence-electron chi connectivity index (χ0n) is 11.4. The zero-order valence-corrected chi connectivity index (χ0v) is 11.4. The van der Waals surface area contributed by atoms with E-state index in [0.717, 1.165) is 29.0 Å². The highest BCUT2D eigenvalue weighted by molar-refractivity contribution is 5.64. The molecule has 0 radical (unpaired) electrons. The van der Waals surface area contributed by atoms with Gasteiger partial charge in [0.2, 0.25) is 0 Å². The third-order valence-corrected chi connectivity index (χ3v) is 3.48. The van der Waals surface area contributed by atoms with Crippen molar-refractivity contribution in [3.8, 4) is 16.9 Å². The van der Waals surface area contributed by atoms with E-state index in [1.165, 1.54) is 25.1 Å². The lowest BCUT2D eigenvalue weighted by Gasteiger charge is -2.11. The summed E-state index contributed by atoms with van der Waals surface area (Å²) in [5.74, 6) is 0.530. The van der Waals surface area contributed by atoms with Gasteiger partial charge in [0.1, 0.15) is 11.6 Å². The Morgan fingerprint density at radius 3 is 2.80 bits per heavy atom. The van der Waals surface area contributed by atoms with E-state index in [-0.39, 0.29) is 5.82 Å². The van der Waals surface area contributed by atoms with Gasteiger partial charge in [0.15, 0.2) is 0 Å². The first kappa shape index (κ1) is 13.1. The van der Waals surface area contributed by atoms with Crippen molar-refractivity contribution in [2.75, 3.05) is 7.11 Å². The van der Waals surface area contributed by atoms with Crippen LogP contribution in [-0.4, -0.2) is 18.1 Å². The van der Waals surface area contributed by atoms with Gasteiger partial charge in [-0.3, -0.25) is 4.98 Å². The molecular formula is C16H17FN2O. The third-order valence-electron chi connectivity index (χ3n) is 3.48. The van der Waals surface area contributed by atoms with Gasteiger partial charge in [-0.25, -0.2) is 4.39 Å². The molecular weight excluding hydrogens is 255 g/mol. The van der Waals surface area contributed by atoms with Crippen molar-refractivity contribution in [3.63, 3.8) is 0 Å². The summed E-state index contributed by atoms with van der Waals surface area (Å²) in [4.78, 5) is 3.90. The van der Waals surface area contributed by atoms with E-state index in [1.807, 2.05) is 18.2 Å². The van der Waals surface area contributed by atoms with E-state index in [1.54, 1.807) is 13.3 Å². The van der Waals surface area contributed by atoms with E-state index in [9.17, 15) is 4.39 Å². The Morgan fingerprint density at radius 2 is 2.10 bits per heavy atom. The predicted molar refractivity (Wildman–Crippen MR) is 76.0 cm³/mol. The molecule has 0 spiro atoms. The predicted octanol–water partition coefficient (Wildman–Crippen LogP) is 3.15. The minimum atomic E-state index is -0.323. The maximum atomic E-state index is 13.3. The second kappa shape index (κ2) is 5.59. The van der Waals surface area contributed by atoms with Crippen molar-refractivity contribution < 1.29 is 9.13 Å². The van der Waals surface area contributed by atoms with E-state index in [0.29, 0.717) is 6.04 Å². The van der Waals surface area contributed by atoms with Crippen LogP contribution in [0.5, 0.6) is 5.75 Å².